The largest absolute Gasteiger partial charge is 0.493 e. The van der Waals surface area contributed by atoms with E-state index in [0.29, 0.717) is 37.1 Å². The standard InChI is InChI=1S/C20H26N4O3/c1-3-27-17-7-5-4-6-16(17)19(25)23-12-10-14(11-13-23)18-21-22(2)20(26)24(18)15-8-9-15/h4-7,14-15H,3,8-13H2,1-2H3. The Kier molecular flexibility index (Phi) is 4.76. The first-order valence-corrected chi connectivity index (χ1v) is 9.76. The van der Waals surface area contributed by atoms with Crippen LogP contribution in [0, 0.1) is 0 Å². The number of aromatic nitrogens is 3. The quantitative estimate of drug-likeness (QED) is 0.810. The molecule has 2 aliphatic rings. The zero-order valence-electron chi connectivity index (χ0n) is 15.9. The lowest BCUT2D eigenvalue weighted by atomic mass is 9.95. The Labute approximate surface area is 158 Å². The van der Waals surface area contributed by atoms with Crippen LogP contribution in [0.1, 0.15) is 60.7 Å². The minimum Gasteiger partial charge on any atom is -0.493 e. The zero-order valence-corrected chi connectivity index (χ0v) is 15.9. The third kappa shape index (κ3) is 3.38. The molecule has 1 aliphatic heterocycles. The minimum atomic E-state index is -0.0170. The number of amides is 1. The molecule has 0 radical (unpaired) electrons. The number of aryl methyl sites for hydroxylation is 1. The Hall–Kier alpha value is -2.57. The minimum absolute atomic E-state index is 0.0121. The molecule has 1 amide bonds. The zero-order chi connectivity index (χ0) is 19.0. The summed E-state index contributed by atoms with van der Waals surface area (Å²) in [5, 5.41) is 4.51. The van der Waals surface area contributed by atoms with Gasteiger partial charge in [0.15, 0.2) is 0 Å². The van der Waals surface area contributed by atoms with Gasteiger partial charge < -0.3 is 9.64 Å². The molecule has 27 heavy (non-hydrogen) atoms. The molecule has 0 atom stereocenters. The lowest BCUT2D eigenvalue weighted by Gasteiger charge is -2.32. The maximum atomic E-state index is 13.0. The highest BCUT2D eigenvalue weighted by Crippen LogP contribution is 2.37. The van der Waals surface area contributed by atoms with Crippen LogP contribution < -0.4 is 10.4 Å². The van der Waals surface area contributed by atoms with E-state index >= 15 is 0 Å². The van der Waals surface area contributed by atoms with Gasteiger partial charge in [-0.05, 0) is 44.7 Å². The molecule has 2 heterocycles. The van der Waals surface area contributed by atoms with Gasteiger partial charge in [-0.2, -0.15) is 5.10 Å². The van der Waals surface area contributed by atoms with Crippen LogP contribution in [0.2, 0.25) is 0 Å². The number of carbonyl (C=O) groups excluding carboxylic acids is 1. The Morgan fingerprint density at radius 3 is 2.56 bits per heavy atom. The highest BCUT2D eigenvalue weighted by Gasteiger charge is 2.34. The molecule has 0 bridgehead atoms. The first-order valence-electron chi connectivity index (χ1n) is 9.76. The topological polar surface area (TPSA) is 69.4 Å². The maximum Gasteiger partial charge on any atom is 0.345 e. The van der Waals surface area contributed by atoms with Crippen LogP contribution in [0.4, 0.5) is 0 Å². The van der Waals surface area contributed by atoms with E-state index in [1.165, 1.54) is 4.68 Å². The van der Waals surface area contributed by atoms with Gasteiger partial charge >= 0.3 is 5.69 Å². The molecule has 2 fully saturated rings. The van der Waals surface area contributed by atoms with E-state index in [1.807, 2.05) is 40.7 Å². The van der Waals surface area contributed by atoms with Crippen molar-refractivity contribution in [3.8, 4) is 5.75 Å². The molecule has 1 saturated carbocycles. The normalized spacial score (nSPS) is 17.9. The average molecular weight is 370 g/mol. The van der Waals surface area contributed by atoms with E-state index in [1.54, 1.807) is 7.05 Å². The van der Waals surface area contributed by atoms with E-state index in [2.05, 4.69) is 5.10 Å². The van der Waals surface area contributed by atoms with Crippen LogP contribution in [-0.4, -0.2) is 44.9 Å². The van der Waals surface area contributed by atoms with Gasteiger partial charge in [-0.1, -0.05) is 12.1 Å². The van der Waals surface area contributed by atoms with Crippen LogP contribution in [-0.2, 0) is 7.05 Å². The number of nitrogens with zero attached hydrogens (tertiary/aromatic N) is 4. The SMILES string of the molecule is CCOc1ccccc1C(=O)N1CCC(c2nn(C)c(=O)n2C2CC2)CC1. The van der Waals surface area contributed by atoms with Crippen molar-refractivity contribution in [2.45, 2.75) is 44.6 Å². The van der Waals surface area contributed by atoms with Crippen LogP contribution in [0.3, 0.4) is 0 Å². The maximum absolute atomic E-state index is 13.0. The predicted molar refractivity (Wildman–Crippen MR) is 101 cm³/mol. The lowest BCUT2D eigenvalue weighted by Crippen LogP contribution is -2.38. The van der Waals surface area contributed by atoms with Gasteiger partial charge in [0.05, 0.1) is 12.2 Å². The first-order chi connectivity index (χ1) is 13.1. The lowest BCUT2D eigenvalue weighted by molar-refractivity contribution is 0.0706. The highest BCUT2D eigenvalue weighted by atomic mass is 16.5. The molecule has 1 aliphatic carbocycles. The van der Waals surface area contributed by atoms with Crippen LogP contribution in [0.15, 0.2) is 29.1 Å². The number of hydrogen-bond donors (Lipinski definition) is 0. The van der Waals surface area contributed by atoms with Crippen LogP contribution in [0.25, 0.3) is 0 Å². The Balaban J connectivity index is 1.48. The van der Waals surface area contributed by atoms with Gasteiger partial charge in [0, 0.05) is 32.1 Å². The molecule has 0 N–H and O–H groups in total. The fraction of sp³-hybridized carbons (Fsp3) is 0.550. The fourth-order valence-corrected chi connectivity index (χ4v) is 3.89. The number of para-hydroxylation sites is 1. The van der Waals surface area contributed by atoms with Crippen LogP contribution >= 0.6 is 0 Å². The van der Waals surface area contributed by atoms with Crippen molar-refractivity contribution in [3.05, 3.63) is 46.1 Å². The van der Waals surface area contributed by atoms with Gasteiger partial charge in [-0.25, -0.2) is 9.48 Å². The summed E-state index contributed by atoms with van der Waals surface area (Å²) in [5.41, 5.74) is 0.599. The van der Waals surface area contributed by atoms with Crippen LogP contribution in [0.5, 0.6) is 5.75 Å². The van der Waals surface area contributed by atoms with E-state index in [0.717, 1.165) is 31.5 Å². The molecule has 2 aromatic rings. The number of hydrogen-bond acceptors (Lipinski definition) is 4. The summed E-state index contributed by atoms with van der Waals surface area (Å²) in [6.07, 6.45) is 3.77. The number of ether oxygens (including phenoxy) is 1. The van der Waals surface area contributed by atoms with Crippen molar-refractivity contribution in [2.75, 3.05) is 19.7 Å². The molecule has 1 aromatic carbocycles. The summed E-state index contributed by atoms with van der Waals surface area (Å²) in [7, 11) is 1.72. The fourth-order valence-electron chi connectivity index (χ4n) is 3.89. The summed E-state index contributed by atoms with van der Waals surface area (Å²) in [4.78, 5) is 27.2. The number of rotatable bonds is 5. The van der Waals surface area contributed by atoms with Crippen molar-refractivity contribution in [1.82, 2.24) is 19.2 Å². The van der Waals surface area contributed by atoms with Crippen molar-refractivity contribution in [3.63, 3.8) is 0 Å². The summed E-state index contributed by atoms with van der Waals surface area (Å²) in [6, 6.07) is 7.73. The van der Waals surface area contributed by atoms with Crippen molar-refractivity contribution in [2.24, 2.45) is 7.05 Å². The van der Waals surface area contributed by atoms with Crippen molar-refractivity contribution < 1.29 is 9.53 Å². The summed E-state index contributed by atoms with van der Waals surface area (Å²) in [6.45, 7) is 3.78. The third-order valence-corrected chi connectivity index (χ3v) is 5.46. The highest BCUT2D eigenvalue weighted by molar-refractivity contribution is 5.97. The summed E-state index contributed by atoms with van der Waals surface area (Å²) in [5.74, 6) is 1.77. The summed E-state index contributed by atoms with van der Waals surface area (Å²) >= 11 is 0. The first kappa shape index (κ1) is 17.8. The molecule has 4 rings (SSSR count). The molecule has 0 spiro atoms. The second-order valence-electron chi connectivity index (χ2n) is 7.36. The van der Waals surface area contributed by atoms with E-state index in [-0.39, 0.29) is 17.5 Å². The molecule has 0 unspecified atom stereocenters. The Bertz CT molecular complexity index is 889. The number of benzene rings is 1. The van der Waals surface area contributed by atoms with E-state index in [4.69, 9.17) is 4.74 Å². The monoisotopic (exact) mass is 370 g/mol. The number of piperidine rings is 1. The molecular formula is C20H26N4O3. The van der Waals surface area contributed by atoms with Gasteiger partial charge in [0.1, 0.15) is 11.6 Å². The molecule has 7 heteroatoms. The average Bonchev–Trinajstić information content (AvgIpc) is 3.48. The molecule has 144 valence electrons. The van der Waals surface area contributed by atoms with E-state index < -0.39 is 0 Å². The third-order valence-electron chi connectivity index (χ3n) is 5.46. The van der Waals surface area contributed by atoms with Gasteiger partial charge in [0.2, 0.25) is 0 Å². The molecule has 7 nitrogen and oxygen atoms in total. The second kappa shape index (κ2) is 7.21. The van der Waals surface area contributed by atoms with Gasteiger partial charge in [-0.15, -0.1) is 0 Å². The molecule has 1 saturated heterocycles. The Morgan fingerprint density at radius 1 is 1.19 bits per heavy atom. The molecular weight excluding hydrogens is 344 g/mol. The Morgan fingerprint density at radius 2 is 1.89 bits per heavy atom. The number of likely N-dealkylation sites (tertiary alicyclic amines) is 1. The van der Waals surface area contributed by atoms with Gasteiger partial charge in [-0.3, -0.25) is 9.36 Å². The predicted octanol–water partition coefficient (Wildman–Crippen LogP) is 2.34. The van der Waals surface area contributed by atoms with Gasteiger partial charge in [0.25, 0.3) is 5.91 Å². The second-order valence-corrected chi connectivity index (χ2v) is 7.36. The summed E-state index contributed by atoms with van der Waals surface area (Å²) < 4.78 is 8.94. The van der Waals surface area contributed by atoms with Crippen molar-refractivity contribution in [1.29, 1.82) is 0 Å². The smallest absolute Gasteiger partial charge is 0.345 e. The van der Waals surface area contributed by atoms with E-state index in [9.17, 15) is 9.59 Å². The molecule has 1 aromatic heterocycles. The van der Waals surface area contributed by atoms with Crippen molar-refractivity contribution >= 4 is 5.91 Å². The number of carbonyl (C=O) groups is 1.